The van der Waals surface area contributed by atoms with Gasteiger partial charge in [-0.25, -0.2) is 0 Å². The maximum Gasteiger partial charge on any atom is 0.139 e. The molecule has 1 aromatic rings. The van der Waals surface area contributed by atoms with Gasteiger partial charge in [-0.2, -0.15) is 0 Å². The zero-order valence-electron chi connectivity index (χ0n) is 16.3. The number of hydrogen-bond acceptors (Lipinski definition) is 1. The minimum absolute atomic E-state index is 0.00590. The minimum Gasteiger partial charge on any atom is -0.299 e. The second-order valence-electron chi connectivity index (χ2n) is 9.99. The van der Waals surface area contributed by atoms with Crippen molar-refractivity contribution >= 4 is 11.9 Å². The average molecular weight is 337 g/mol. The number of carbonyl (C=O) groups is 1. The van der Waals surface area contributed by atoms with Gasteiger partial charge in [0.15, 0.2) is 0 Å². The second kappa shape index (κ2) is 5.83. The fourth-order valence-corrected chi connectivity index (χ4v) is 5.82. The molecule has 0 aromatic heterocycles. The molecule has 0 heterocycles. The van der Waals surface area contributed by atoms with Gasteiger partial charge in [0.1, 0.15) is 5.78 Å². The average Bonchev–Trinajstić information content (AvgIpc) is 2.87. The highest BCUT2D eigenvalue weighted by Crippen LogP contribution is 2.59. The summed E-state index contributed by atoms with van der Waals surface area (Å²) in [5, 5.41) is 0. The van der Waals surface area contributed by atoms with E-state index in [-0.39, 0.29) is 10.8 Å². The largest absolute Gasteiger partial charge is 0.299 e. The molecule has 0 bridgehead atoms. The van der Waals surface area contributed by atoms with Crippen molar-refractivity contribution in [2.75, 3.05) is 0 Å². The summed E-state index contributed by atoms with van der Waals surface area (Å²) in [6.45, 7) is 9.00. The second-order valence-corrected chi connectivity index (χ2v) is 9.99. The predicted octanol–water partition coefficient (Wildman–Crippen LogP) is 6.17. The van der Waals surface area contributed by atoms with Crippen molar-refractivity contribution in [1.82, 2.24) is 0 Å². The van der Waals surface area contributed by atoms with Crippen molar-refractivity contribution in [3.8, 4) is 0 Å². The lowest BCUT2D eigenvalue weighted by Crippen LogP contribution is -2.42. The Hall–Kier alpha value is -1.37. The van der Waals surface area contributed by atoms with E-state index in [0.29, 0.717) is 17.6 Å². The first-order chi connectivity index (χ1) is 11.8. The van der Waals surface area contributed by atoms with E-state index in [1.807, 2.05) is 0 Å². The van der Waals surface area contributed by atoms with Crippen LogP contribution in [0.2, 0.25) is 0 Å². The number of rotatable bonds is 1. The van der Waals surface area contributed by atoms with E-state index in [1.165, 1.54) is 24.8 Å². The smallest absolute Gasteiger partial charge is 0.139 e. The molecule has 2 fully saturated rings. The highest BCUT2D eigenvalue weighted by Gasteiger charge is 2.54. The van der Waals surface area contributed by atoms with E-state index >= 15 is 0 Å². The van der Waals surface area contributed by atoms with Gasteiger partial charge in [0.2, 0.25) is 0 Å². The topological polar surface area (TPSA) is 17.1 Å². The summed E-state index contributed by atoms with van der Waals surface area (Å²) >= 11 is 0. The number of fused-ring (bicyclic) bond motifs is 5. The molecule has 1 nitrogen and oxygen atoms in total. The Morgan fingerprint density at radius 2 is 1.92 bits per heavy atom. The molecule has 0 amide bonds. The molecule has 2 saturated carbocycles. The van der Waals surface area contributed by atoms with E-state index in [1.54, 1.807) is 11.1 Å². The third kappa shape index (κ3) is 2.90. The Labute approximate surface area is 152 Å². The number of benzene rings is 1. The van der Waals surface area contributed by atoms with Gasteiger partial charge in [-0.05, 0) is 72.0 Å². The summed E-state index contributed by atoms with van der Waals surface area (Å²) in [4.78, 5) is 12.4. The third-order valence-corrected chi connectivity index (χ3v) is 7.24. The lowest BCUT2D eigenvalue weighted by Gasteiger charge is -2.48. The monoisotopic (exact) mass is 336 g/mol. The fourth-order valence-electron chi connectivity index (χ4n) is 5.82. The van der Waals surface area contributed by atoms with Gasteiger partial charge in [0.25, 0.3) is 0 Å². The summed E-state index contributed by atoms with van der Waals surface area (Å²) in [6, 6.07) is 7.12. The summed E-state index contributed by atoms with van der Waals surface area (Å²) in [5.74, 6) is 2.60. The Balaban J connectivity index is 1.61. The molecule has 134 valence electrons. The van der Waals surface area contributed by atoms with Gasteiger partial charge >= 0.3 is 0 Å². The molecule has 3 aliphatic carbocycles. The van der Waals surface area contributed by atoms with Crippen LogP contribution in [0.1, 0.15) is 82.4 Å². The quantitative estimate of drug-likeness (QED) is 0.599. The third-order valence-electron chi connectivity index (χ3n) is 7.24. The molecule has 1 heteroatoms. The van der Waals surface area contributed by atoms with Crippen molar-refractivity contribution in [1.29, 1.82) is 0 Å². The van der Waals surface area contributed by atoms with Gasteiger partial charge < -0.3 is 0 Å². The first kappa shape index (κ1) is 17.1. The Morgan fingerprint density at radius 3 is 2.68 bits per heavy atom. The molecule has 0 saturated heterocycles. The van der Waals surface area contributed by atoms with Crippen LogP contribution in [0.15, 0.2) is 24.3 Å². The molecule has 0 spiro atoms. The normalized spacial score (nSPS) is 34.7. The summed E-state index contributed by atoms with van der Waals surface area (Å²) < 4.78 is 0. The van der Waals surface area contributed by atoms with E-state index in [0.717, 1.165) is 25.2 Å². The molecule has 3 aliphatic rings. The summed E-state index contributed by atoms with van der Waals surface area (Å²) in [5.41, 5.74) is 4.71. The van der Waals surface area contributed by atoms with Gasteiger partial charge in [-0.3, -0.25) is 4.79 Å². The highest BCUT2D eigenvalue weighted by atomic mass is 16.1. The van der Waals surface area contributed by atoms with Crippen LogP contribution in [0.3, 0.4) is 0 Å². The number of allylic oxidation sites excluding steroid dienone is 1. The van der Waals surface area contributed by atoms with E-state index in [9.17, 15) is 4.79 Å². The first-order valence-corrected chi connectivity index (χ1v) is 10.1. The van der Waals surface area contributed by atoms with Crippen LogP contribution < -0.4 is 0 Å². The Bertz CT molecular complexity index is 720. The molecule has 25 heavy (non-hydrogen) atoms. The SMILES string of the molecule is CC(C)(C)/C=C/c1ccc2c(c1)CC[C@@H]1[C@@H]2CC[C@]2(C)C(=O)CC[C@@H]12. The Morgan fingerprint density at radius 1 is 1.12 bits per heavy atom. The van der Waals surface area contributed by atoms with Gasteiger partial charge in [-0.15, -0.1) is 0 Å². The summed E-state index contributed by atoms with van der Waals surface area (Å²) in [6.07, 6.45) is 11.3. The van der Waals surface area contributed by atoms with Crippen LogP contribution in [0.4, 0.5) is 0 Å². The molecule has 0 aliphatic heterocycles. The van der Waals surface area contributed by atoms with E-state index < -0.39 is 0 Å². The van der Waals surface area contributed by atoms with Gasteiger partial charge in [0.05, 0.1) is 0 Å². The number of Topliss-reactive ketones (excluding diaryl/α,β-unsaturated/α-hetero) is 1. The van der Waals surface area contributed by atoms with Crippen molar-refractivity contribution < 1.29 is 4.79 Å². The lowest BCUT2D eigenvalue weighted by atomic mass is 9.55. The van der Waals surface area contributed by atoms with Crippen molar-refractivity contribution in [2.45, 2.75) is 72.1 Å². The maximum atomic E-state index is 12.4. The molecule has 4 atom stereocenters. The standard InChI is InChI=1S/C24H32O/c1-23(2,3)13-11-16-5-7-18-17(15-16)6-8-20-19(18)12-14-24(4)21(20)9-10-22(24)25/h5,7,11,13,15,19-21H,6,8-10,12,14H2,1-4H3/b13-11+/t19-,20-,21+,24+/m1/s1. The maximum absolute atomic E-state index is 12.4. The molecule has 1 aromatic carbocycles. The van der Waals surface area contributed by atoms with Crippen molar-refractivity contribution in [3.63, 3.8) is 0 Å². The zero-order valence-corrected chi connectivity index (χ0v) is 16.3. The van der Waals surface area contributed by atoms with Crippen molar-refractivity contribution in [3.05, 3.63) is 41.0 Å². The zero-order chi connectivity index (χ0) is 17.8. The minimum atomic E-state index is -0.00590. The van der Waals surface area contributed by atoms with Crippen LogP contribution in [-0.2, 0) is 11.2 Å². The summed E-state index contributed by atoms with van der Waals surface area (Å²) in [7, 11) is 0. The molecular weight excluding hydrogens is 304 g/mol. The number of carbonyl (C=O) groups excluding carboxylic acids is 1. The predicted molar refractivity (Wildman–Crippen MR) is 105 cm³/mol. The Kier molecular flexibility index (Phi) is 3.98. The number of aryl methyl sites for hydroxylation is 1. The molecule has 0 radical (unpaired) electrons. The molecule has 0 N–H and O–H groups in total. The van der Waals surface area contributed by atoms with E-state index in [2.05, 4.69) is 58.0 Å². The number of hydrogen-bond donors (Lipinski definition) is 0. The van der Waals surface area contributed by atoms with Gasteiger partial charge in [-0.1, -0.05) is 58.0 Å². The van der Waals surface area contributed by atoms with Crippen LogP contribution in [0.25, 0.3) is 6.08 Å². The van der Waals surface area contributed by atoms with Crippen LogP contribution in [-0.4, -0.2) is 5.78 Å². The van der Waals surface area contributed by atoms with Crippen molar-refractivity contribution in [2.24, 2.45) is 22.7 Å². The van der Waals surface area contributed by atoms with Gasteiger partial charge in [0, 0.05) is 11.8 Å². The van der Waals surface area contributed by atoms with Crippen LogP contribution in [0.5, 0.6) is 0 Å². The molecule has 0 unspecified atom stereocenters. The fraction of sp³-hybridized carbons (Fsp3) is 0.625. The van der Waals surface area contributed by atoms with E-state index in [4.69, 9.17) is 0 Å². The first-order valence-electron chi connectivity index (χ1n) is 10.1. The number of ketones is 1. The van der Waals surface area contributed by atoms with Crippen LogP contribution >= 0.6 is 0 Å². The lowest BCUT2D eigenvalue weighted by molar-refractivity contribution is -0.129. The molecular formula is C24H32O. The highest BCUT2D eigenvalue weighted by molar-refractivity contribution is 5.87. The molecule has 4 rings (SSSR count). The van der Waals surface area contributed by atoms with Crippen LogP contribution in [0, 0.1) is 22.7 Å².